The summed E-state index contributed by atoms with van der Waals surface area (Å²) in [4.78, 5) is 23.8. The fourth-order valence-corrected chi connectivity index (χ4v) is 5.50. The third kappa shape index (κ3) is 4.20. The minimum absolute atomic E-state index is 0.0518. The molecule has 0 bridgehead atoms. The van der Waals surface area contributed by atoms with Crippen molar-refractivity contribution in [2.45, 2.75) is 91.6 Å². The number of fused-ring (bicyclic) bond motifs is 2. The Morgan fingerprint density at radius 3 is 2.31 bits per heavy atom. The van der Waals surface area contributed by atoms with Crippen molar-refractivity contribution in [3.63, 3.8) is 0 Å². The highest BCUT2D eigenvalue weighted by atomic mass is 16.6. The largest absolute Gasteiger partial charge is 0.422 e. The second-order valence-corrected chi connectivity index (χ2v) is 9.82. The van der Waals surface area contributed by atoms with Crippen molar-refractivity contribution >= 4 is 11.9 Å². The Morgan fingerprint density at radius 1 is 1.10 bits per heavy atom. The van der Waals surface area contributed by atoms with Crippen molar-refractivity contribution in [1.29, 1.82) is 0 Å². The minimum atomic E-state index is -0.852. The van der Waals surface area contributed by atoms with Crippen LogP contribution < -0.4 is 9.47 Å². The molecular weight excluding hydrogens is 368 g/mol. The summed E-state index contributed by atoms with van der Waals surface area (Å²) in [5, 5.41) is 11.7. The fraction of sp³-hybridized carbons (Fsp3) is 0.667. The Kier molecular flexibility index (Phi) is 5.83. The van der Waals surface area contributed by atoms with Crippen LogP contribution >= 0.6 is 0 Å². The molecule has 0 aliphatic heterocycles. The van der Waals surface area contributed by atoms with E-state index in [4.69, 9.17) is 9.47 Å². The van der Waals surface area contributed by atoms with Gasteiger partial charge >= 0.3 is 11.9 Å². The number of ether oxygens (including phenoxy) is 2. The van der Waals surface area contributed by atoms with Gasteiger partial charge in [0.2, 0.25) is 0 Å². The molecule has 1 saturated carbocycles. The maximum Gasteiger partial charge on any atom is 0.308 e. The van der Waals surface area contributed by atoms with Crippen molar-refractivity contribution in [2.24, 2.45) is 11.3 Å². The van der Waals surface area contributed by atoms with Gasteiger partial charge in [0.25, 0.3) is 0 Å². The fourth-order valence-electron chi connectivity index (χ4n) is 5.50. The van der Waals surface area contributed by atoms with Gasteiger partial charge in [-0.25, -0.2) is 0 Å². The average molecular weight is 403 g/mol. The number of carbonyl (C=O) groups is 2. The van der Waals surface area contributed by atoms with E-state index in [1.165, 1.54) is 13.8 Å². The molecule has 5 heteroatoms. The number of hydrogen-bond donors (Lipinski definition) is 1. The lowest BCUT2D eigenvalue weighted by Gasteiger charge is -2.49. The normalized spacial score (nSPS) is 25.6. The Balaban J connectivity index is 2.21. The maximum absolute atomic E-state index is 11.9. The lowest BCUT2D eigenvalue weighted by molar-refractivity contribution is -0.134. The Morgan fingerprint density at radius 2 is 1.72 bits per heavy atom. The van der Waals surface area contributed by atoms with Gasteiger partial charge in [-0.15, -0.1) is 0 Å². The van der Waals surface area contributed by atoms with Gasteiger partial charge in [-0.2, -0.15) is 0 Å². The molecule has 29 heavy (non-hydrogen) atoms. The van der Waals surface area contributed by atoms with E-state index in [1.54, 1.807) is 0 Å². The summed E-state index contributed by atoms with van der Waals surface area (Å²) in [5.41, 5.74) is 1.94. The van der Waals surface area contributed by atoms with Crippen molar-refractivity contribution in [3.8, 4) is 11.5 Å². The topological polar surface area (TPSA) is 72.8 Å². The highest BCUT2D eigenvalue weighted by molar-refractivity contribution is 5.76. The third-order valence-electron chi connectivity index (χ3n) is 6.78. The van der Waals surface area contributed by atoms with Crippen molar-refractivity contribution in [1.82, 2.24) is 0 Å². The molecule has 1 N–H and O–H groups in total. The van der Waals surface area contributed by atoms with Gasteiger partial charge in [-0.3, -0.25) is 9.59 Å². The van der Waals surface area contributed by atoms with Crippen LogP contribution in [0, 0.1) is 11.3 Å². The van der Waals surface area contributed by atoms with Gasteiger partial charge in [0.05, 0.1) is 5.60 Å². The van der Waals surface area contributed by atoms with Crippen molar-refractivity contribution in [3.05, 3.63) is 22.8 Å². The number of carbonyl (C=O) groups excluding carboxylic acids is 2. The maximum atomic E-state index is 11.9. The highest BCUT2D eigenvalue weighted by Crippen LogP contribution is 2.53. The zero-order valence-corrected chi connectivity index (χ0v) is 18.6. The smallest absolute Gasteiger partial charge is 0.308 e. The molecule has 0 aromatic heterocycles. The molecule has 0 radical (unpaired) electrons. The molecule has 2 aliphatic rings. The molecule has 1 aromatic rings. The first-order chi connectivity index (χ1) is 13.4. The van der Waals surface area contributed by atoms with Crippen LogP contribution in [0.5, 0.6) is 11.5 Å². The summed E-state index contributed by atoms with van der Waals surface area (Å²) in [5.74, 6) is -0.0255. The van der Waals surface area contributed by atoms with E-state index in [0.29, 0.717) is 17.9 Å². The Hall–Kier alpha value is -1.88. The van der Waals surface area contributed by atoms with Crippen LogP contribution in [0.2, 0.25) is 0 Å². The zero-order valence-electron chi connectivity index (χ0n) is 18.6. The quantitative estimate of drug-likeness (QED) is 0.586. The van der Waals surface area contributed by atoms with Gasteiger partial charge in [0.15, 0.2) is 11.5 Å². The van der Waals surface area contributed by atoms with E-state index in [-0.39, 0.29) is 17.3 Å². The lowest BCUT2D eigenvalue weighted by atomic mass is 9.59. The molecular formula is C24H34O5. The SMILES string of the molecule is CC(=O)Oc1c(C(C)C)cc2c(c1OC(C)=O)C[C@@]1(O)CCCC(C)(C)[C@@H]1CC2. The zero-order chi connectivity index (χ0) is 21.6. The van der Waals surface area contributed by atoms with Crippen molar-refractivity contribution in [2.75, 3.05) is 0 Å². The second-order valence-electron chi connectivity index (χ2n) is 9.82. The highest BCUT2D eigenvalue weighted by Gasteiger charge is 2.50. The molecule has 0 spiro atoms. The number of aliphatic hydroxyl groups is 1. The van der Waals surface area contributed by atoms with Gasteiger partial charge in [0, 0.05) is 31.4 Å². The number of hydrogen-bond acceptors (Lipinski definition) is 5. The average Bonchev–Trinajstić information content (AvgIpc) is 2.72. The summed E-state index contributed by atoms with van der Waals surface area (Å²) in [6.07, 6.45) is 4.91. The number of benzene rings is 1. The molecule has 5 nitrogen and oxygen atoms in total. The number of esters is 2. The molecule has 1 fully saturated rings. The van der Waals surface area contributed by atoms with Crippen LogP contribution in [0.25, 0.3) is 0 Å². The minimum Gasteiger partial charge on any atom is -0.422 e. The van der Waals surface area contributed by atoms with Crippen LogP contribution in [0.4, 0.5) is 0 Å². The summed E-state index contributed by atoms with van der Waals surface area (Å²) < 4.78 is 11.2. The molecule has 0 heterocycles. The number of rotatable bonds is 3. The Labute approximate surface area is 173 Å². The summed E-state index contributed by atoms with van der Waals surface area (Å²) >= 11 is 0. The summed E-state index contributed by atoms with van der Waals surface area (Å²) in [6.45, 7) is 11.2. The van der Waals surface area contributed by atoms with Crippen LogP contribution in [0.3, 0.4) is 0 Å². The van der Waals surface area contributed by atoms with Gasteiger partial charge in [-0.1, -0.05) is 40.2 Å². The predicted molar refractivity (Wildman–Crippen MR) is 111 cm³/mol. The predicted octanol–water partition coefficient (Wildman–Crippen LogP) is 4.71. The molecule has 2 atom stereocenters. The van der Waals surface area contributed by atoms with Gasteiger partial charge in [-0.05, 0) is 48.5 Å². The molecule has 0 saturated heterocycles. The summed E-state index contributed by atoms with van der Waals surface area (Å²) in [7, 11) is 0. The van der Waals surface area contributed by atoms with Gasteiger partial charge in [0.1, 0.15) is 0 Å². The standard InChI is InChI=1S/C24H34O5/c1-14(2)18-12-17-8-9-20-23(5,6)10-7-11-24(20,27)13-19(17)22(29-16(4)26)21(18)28-15(3)25/h12,14,20,27H,7-11,13H2,1-6H3/t20-,24-/m0/s1. The lowest BCUT2D eigenvalue weighted by Crippen LogP contribution is -2.50. The first-order valence-corrected chi connectivity index (χ1v) is 10.7. The van der Waals surface area contributed by atoms with Gasteiger partial charge < -0.3 is 14.6 Å². The monoisotopic (exact) mass is 402 g/mol. The van der Waals surface area contributed by atoms with E-state index < -0.39 is 17.5 Å². The van der Waals surface area contributed by atoms with E-state index in [2.05, 4.69) is 19.9 Å². The third-order valence-corrected chi connectivity index (χ3v) is 6.78. The summed E-state index contributed by atoms with van der Waals surface area (Å²) in [6, 6.07) is 2.08. The van der Waals surface area contributed by atoms with Crippen LogP contribution in [0.1, 0.15) is 89.8 Å². The van der Waals surface area contributed by atoms with E-state index >= 15 is 0 Å². The molecule has 1 aromatic carbocycles. The van der Waals surface area contributed by atoms with Crippen LogP contribution in [-0.2, 0) is 22.4 Å². The molecule has 3 rings (SSSR count). The Bertz CT molecular complexity index is 823. The second kappa shape index (κ2) is 7.75. The molecule has 0 unspecified atom stereocenters. The van der Waals surface area contributed by atoms with Crippen molar-refractivity contribution < 1.29 is 24.2 Å². The van der Waals surface area contributed by atoms with E-state index in [0.717, 1.165) is 48.8 Å². The molecule has 2 aliphatic carbocycles. The first kappa shape index (κ1) is 21.8. The molecule has 0 amide bonds. The van der Waals surface area contributed by atoms with Crippen LogP contribution in [-0.4, -0.2) is 22.6 Å². The van der Waals surface area contributed by atoms with Crippen LogP contribution in [0.15, 0.2) is 6.07 Å². The first-order valence-electron chi connectivity index (χ1n) is 10.7. The number of aryl methyl sites for hydroxylation is 1. The van der Waals surface area contributed by atoms with E-state index in [1.807, 2.05) is 13.8 Å². The molecule has 160 valence electrons. The van der Waals surface area contributed by atoms with E-state index in [9.17, 15) is 14.7 Å².